The highest BCUT2D eigenvalue weighted by atomic mass is 16.6. The van der Waals surface area contributed by atoms with Crippen LogP contribution in [-0.2, 0) is 6.54 Å². The molecule has 0 unspecified atom stereocenters. The summed E-state index contributed by atoms with van der Waals surface area (Å²) in [4.78, 5) is 18.5. The Balaban J connectivity index is 2.07. The molecule has 4 N–H and O–H groups in total. The van der Waals surface area contributed by atoms with Gasteiger partial charge in [0.05, 0.1) is 10.5 Å². The molecule has 0 radical (unpaired) electrons. The molecule has 2 rings (SSSR count). The fourth-order valence-electron chi connectivity index (χ4n) is 2.04. The molecule has 0 aliphatic rings. The molecule has 0 bridgehead atoms. The van der Waals surface area contributed by atoms with Crippen LogP contribution in [0.2, 0.25) is 0 Å². The second-order valence-electron chi connectivity index (χ2n) is 4.94. The summed E-state index contributed by atoms with van der Waals surface area (Å²) < 4.78 is 0. The third-order valence-electron chi connectivity index (χ3n) is 3.30. The van der Waals surface area contributed by atoms with E-state index in [2.05, 4.69) is 25.9 Å². The van der Waals surface area contributed by atoms with Gasteiger partial charge in [-0.1, -0.05) is 12.1 Å². The smallest absolute Gasteiger partial charge is 0.269 e. The number of rotatable bonds is 9. The third kappa shape index (κ3) is 4.46. The molecule has 0 amide bonds. The lowest BCUT2D eigenvalue weighted by atomic mass is 10.2. The van der Waals surface area contributed by atoms with Gasteiger partial charge in [0, 0.05) is 38.0 Å². The molecular weight excluding hydrogens is 310 g/mol. The van der Waals surface area contributed by atoms with E-state index in [-0.39, 0.29) is 5.69 Å². The Kier molecular flexibility index (Phi) is 6.15. The standard InChI is InChI=1S/C15H19N7O2/c1-17-6-7-18-14-13(8-16)15(21-10-20-14)19-9-11-2-4-12(5-3-11)22(23)24/h2-5,8,10,16-17H,6-7,9H2,1H3,(H2,18,19,20,21). The number of benzene rings is 1. The Labute approximate surface area is 139 Å². The molecule has 24 heavy (non-hydrogen) atoms. The maximum absolute atomic E-state index is 10.7. The number of non-ortho nitro benzene ring substituents is 1. The molecule has 9 heteroatoms. The van der Waals surface area contributed by atoms with E-state index in [4.69, 9.17) is 5.41 Å². The lowest BCUT2D eigenvalue weighted by Crippen LogP contribution is -2.19. The van der Waals surface area contributed by atoms with Crippen LogP contribution < -0.4 is 16.0 Å². The van der Waals surface area contributed by atoms with Crippen LogP contribution in [0.5, 0.6) is 0 Å². The Bertz CT molecular complexity index is 703. The molecule has 1 heterocycles. The van der Waals surface area contributed by atoms with E-state index in [0.29, 0.717) is 30.3 Å². The summed E-state index contributed by atoms with van der Waals surface area (Å²) in [6.07, 6.45) is 2.62. The van der Waals surface area contributed by atoms with E-state index < -0.39 is 4.92 Å². The minimum Gasteiger partial charge on any atom is -0.368 e. The summed E-state index contributed by atoms with van der Waals surface area (Å²) in [5.41, 5.74) is 1.49. The second-order valence-corrected chi connectivity index (χ2v) is 4.94. The van der Waals surface area contributed by atoms with Crippen molar-refractivity contribution in [1.82, 2.24) is 15.3 Å². The number of likely N-dealkylation sites (N-methyl/N-ethyl adjacent to an activating group) is 1. The molecule has 0 aliphatic carbocycles. The van der Waals surface area contributed by atoms with Gasteiger partial charge in [-0.2, -0.15) is 0 Å². The molecule has 0 fully saturated rings. The van der Waals surface area contributed by atoms with Crippen LogP contribution in [0, 0.1) is 15.5 Å². The van der Waals surface area contributed by atoms with Crippen molar-refractivity contribution in [3.8, 4) is 0 Å². The molecular formula is C15H19N7O2. The molecule has 1 aromatic heterocycles. The summed E-state index contributed by atoms with van der Waals surface area (Å²) in [5.74, 6) is 1.12. The van der Waals surface area contributed by atoms with Crippen LogP contribution in [0.15, 0.2) is 30.6 Å². The van der Waals surface area contributed by atoms with Gasteiger partial charge in [0.1, 0.15) is 18.0 Å². The van der Waals surface area contributed by atoms with E-state index in [1.807, 2.05) is 7.05 Å². The van der Waals surface area contributed by atoms with E-state index >= 15 is 0 Å². The molecule has 0 saturated carbocycles. The molecule has 1 aromatic carbocycles. The predicted octanol–water partition coefficient (Wildman–Crippen LogP) is 1.63. The average Bonchev–Trinajstić information content (AvgIpc) is 2.60. The minimum atomic E-state index is -0.433. The van der Waals surface area contributed by atoms with E-state index in [9.17, 15) is 10.1 Å². The number of nitro groups is 1. The first-order valence-corrected chi connectivity index (χ1v) is 7.37. The van der Waals surface area contributed by atoms with Gasteiger partial charge in [-0.3, -0.25) is 10.1 Å². The topological polar surface area (TPSA) is 129 Å². The number of anilines is 2. The van der Waals surface area contributed by atoms with Gasteiger partial charge < -0.3 is 21.4 Å². The molecule has 126 valence electrons. The zero-order chi connectivity index (χ0) is 17.4. The van der Waals surface area contributed by atoms with Crippen molar-refractivity contribution < 1.29 is 4.92 Å². The van der Waals surface area contributed by atoms with Crippen LogP contribution in [-0.4, -0.2) is 41.2 Å². The Hall–Kier alpha value is -3.07. The SMILES string of the molecule is CNCCNc1ncnc(NCc2ccc([N+](=O)[O-])cc2)c1C=N. The number of hydrogen-bond acceptors (Lipinski definition) is 8. The van der Waals surface area contributed by atoms with E-state index in [1.54, 1.807) is 12.1 Å². The number of hydrogen-bond donors (Lipinski definition) is 4. The predicted molar refractivity (Wildman–Crippen MR) is 92.8 cm³/mol. The summed E-state index contributed by atoms with van der Waals surface area (Å²) in [6, 6.07) is 6.28. The van der Waals surface area contributed by atoms with Crippen molar-refractivity contribution in [1.29, 1.82) is 5.41 Å². The Morgan fingerprint density at radius 2 is 1.83 bits per heavy atom. The van der Waals surface area contributed by atoms with Crippen molar-refractivity contribution in [2.75, 3.05) is 30.8 Å². The van der Waals surface area contributed by atoms with Gasteiger partial charge in [-0.05, 0) is 12.6 Å². The quantitative estimate of drug-likeness (QED) is 0.238. The normalized spacial score (nSPS) is 10.2. The summed E-state index contributed by atoms with van der Waals surface area (Å²) in [5, 5.41) is 27.5. The van der Waals surface area contributed by atoms with Gasteiger partial charge in [0.25, 0.3) is 5.69 Å². The maximum Gasteiger partial charge on any atom is 0.269 e. The summed E-state index contributed by atoms with van der Waals surface area (Å²) >= 11 is 0. The first kappa shape index (κ1) is 17.3. The van der Waals surface area contributed by atoms with Crippen LogP contribution in [0.3, 0.4) is 0 Å². The van der Waals surface area contributed by atoms with Gasteiger partial charge in [-0.15, -0.1) is 0 Å². The van der Waals surface area contributed by atoms with Gasteiger partial charge in [0.15, 0.2) is 0 Å². The van der Waals surface area contributed by atoms with E-state index in [0.717, 1.165) is 12.1 Å². The van der Waals surface area contributed by atoms with Crippen molar-refractivity contribution in [2.24, 2.45) is 0 Å². The van der Waals surface area contributed by atoms with Gasteiger partial charge in [-0.25, -0.2) is 9.97 Å². The van der Waals surface area contributed by atoms with Crippen molar-refractivity contribution in [3.63, 3.8) is 0 Å². The Morgan fingerprint density at radius 3 is 2.42 bits per heavy atom. The van der Waals surface area contributed by atoms with Crippen LogP contribution in [0.1, 0.15) is 11.1 Å². The van der Waals surface area contributed by atoms with Crippen LogP contribution in [0.25, 0.3) is 0 Å². The zero-order valence-corrected chi connectivity index (χ0v) is 13.2. The Morgan fingerprint density at radius 1 is 1.17 bits per heavy atom. The number of nitrogens with one attached hydrogen (secondary N) is 4. The van der Waals surface area contributed by atoms with Crippen molar-refractivity contribution >= 4 is 23.5 Å². The first-order chi connectivity index (χ1) is 11.7. The van der Waals surface area contributed by atoms with E-state index in [1.165, 1.54) is 24.7 Å². The highest BCUT2D eigenvalue weighted by Crippen LogP contribution is 2.19. The number of nitro benzene ring substituents is 1. The van der Waals surface area contributed by atoms with Crippen molar-refractivity contribution in [2.45, 2.75) is 6.54 Å². The third-order valence-corrected chi connectivity index (χ3v) is 3.30. The van der Waals surface area contributed by atoms with Gasteiger partial charge in [0.2, 0.25) is 0 Å². The maximum atomic E-state index is 10.7. The number of nitrogens with zero attached hydrogens (tertiary/aromatic N) is 3. The highest BCUT2D eigenvalue weighted by molar-refractivity contribution is 5.90. The van der Waals surface area contributed by atoms with Gasteiger partial charge >= 0.3 is 0 Å². The fraction of sp³-hybridized carbons (Fsp3) is 0.267. The lowest BCUT2D eigenvalue weighted by Gasteiger charge is -2.12. The summed E-state index contributed by atoms with van der Waals surface area (Å²) in [7, 11) is 1.86. The van der Waals surface area contributed by atoms with Crippen LogP contribution in [0.4, 0.5) is 17.3 Å². The second kappa shape index (κ2) is 8.53. The largest absolute Gasteiger partial charge is 0.368 e. The molecule has 0 atom stereocenters. The fourth-order valence-corrected chi connectivity index (χ4v) is 2.04. The minimum absolute atomic E-state index is 0.0528. The van der Waals surface area contributed by atoms with Crippen molar-refractivity contribution in [3.05, 3.63) is 51.8 Å². The summed E-state index contributed by atoms with van der Waals surface area (Å²) in [6.45, 7) is 1.88. The highest BCUT2D eigenvalue weighted by Gasteiger charge is 2.09. The molecule has 0 spiro atoms. The van der Waals surface area contributed by atoms with Crippen LogP contribution >= 0.6 is 0 Å². The monoisotopic (exact) mass is 329 g/mol. The first-order valence-electron chi connectivity index (χ1n) is 7.37. The number of aromatic nitrogens is 2. The molecule has 0 saturated heterocycles. The lowest BCUT2D eigenvalue weighted by molar-refractivity contribution is -0.384. The molecule has 9 nitrogen and oxygen atoms in total. The zero-order valence-electron chi connectivity index (χ0n) is 13.2. The molecule has 2 aromatic rings. The average molecular weight is 329 g/mol. The molecule has 0 aliphatic heterocycles.